The fraction of sp³-hybridized carbons (Fsp3) is 0.176. The topological polar surface area (TPSA) is 147 Å². The molecule has 0 amide bonds. The zero-order chi connectivity index (χ0) is 22.4. The average molecular weight is 454 g/mol. The quantitative estimate of drug-likeness (QED) is 0.420. The van der Waals surface area contributed by atoms with E-state index in [9.17, 15) is 26.4 Å². The molecule has 3 N–H and O–H groups in total. The summed E-state index contributed by atoms with van der Waals surface area (Å²) in [6.45, 7) is 1.79. The van der Waals surface area contributed by atoms with E-state index in [1.807, 2.05) is 5.10 Å². The van der Waals surface area contributed by atoms with E-state index in [0.717, 1.165) is 18.3 Å². The second-order valence-corrected chi connectivity index (χ2v) is 8.12. The minimum absolute atomic E-state index is 0.139. The Morgan fingerprint density at radius 1 is 1.19 bits per heavy atom. The molecule has 0 bridgehead atoms. The molecule has 31 heavy (non-hydrogen) atoms. The van der Waals surface area contributed by atoms with Gasteiger partial charge in [0, 0.05) is 5.56 Å². The van der Waals surface area contributed by atoms with Crippen molar-refractivity contribution in [2.75, 3.05) is 4.72 Å². The summed E-state index contributed by atoms with van der Waals surface area (Å²) in [4.78, 5) is 17.1. The molecule has 0 atom stereocenters. The highest BCUT2D eigenvalue weighted by atomic mass is 32.2. The molecule has 10 nitrogen and oxygen atoms in total. The number of nitrogens with zero attached hydrogens (tertiary/aromatic N) is 3. The van der Waals surface area contributed by atoms with Crippen molar-refractivity contribution < 1.29 is 26.1 Å². The number of pyridine rings is 1. The van der Waals surface area contributed by atoms with Gasteiger partial charge in [-0.15, -0.1) is 0 Å². The maximum absolute atomic E-state index is 13.3. The fourth-order valence-corrected chi connectivity index (χ4v) is 3.88. The number of aromatic nitrogens is 5. The Hall–Kier alpha value is -3.68. The summed E-state index contributed by atoms with van der Waals surface area (Å²) in [5, 5.41) is 9.80. The van der Waals surface area contributed by atoms with Crippen LogP contribution in [0.3, 0.4) is 0 Å². The molecule has 0 aliphatic heterocycles. The Bertz CT molecular complexity index is 1440. The number of aryl methyl sites for hydroxylation is 1. The van der Waals surface area contributed by atoms with Gasteiger partial charge < -0.3 is 4.52 Å². The van der Waals surface area contributed by atoms with Crippen molar-refractivity contribution in [1.29, 1.82) is 0 Å². The van der Waals surface area contributed by atoms with Gasteiger partial charge >= 0.3 is 11.9 Å². The first-order valence-corrected chi connectivity index (χ1v) is 10.2. The molecule has 1 aromatic carbocycles. The van der Waals surface area contributed by atoms with Gasteiger partial charge in [0.1, 0.15) is 4.90 Å². The largest absolute Gasteiger partial charge is 0.416 e. The first-order valence-electron chi connectivity index (χ1n) is 8.71. The molecule has 0 fully saturated rings. The number of H-pyrrole nitrogens is 2. The third kappa shape index (κ3) is 4.01. The van der Waals surface area contributed by atoms with Gasteiger partial charge in [0.25, 0.3) is 15.7 Å². The van der Waals surface area contributed by atoms with Gasteiger partial charge in [-0.05, 0) is 30.7 Å². The fourth-order valence-electron chi connectivity index (χ4n) is 2.87. The molecule has 0 aliphatic carbocycles. The summed E-state index contributed by atoms with van der Waals surface area (Å²) in [5.74, 6) is -0.184. The van der Waals surface area contributed by atoms with Crippen LogP contribution in [-0.2, 0) is 22.6 Å². The Morgan fingerprint density at radius 3 is 2.61 bits per heavy atom. The Balaban J connectivity index is 1.78. The van der Waals surface area contributed by atoms with Gasteiger partial charge in [-0.2, -0.15) is 18.3 Å². The summed E-state index contributed by atoms with van der Waals surface area (Å²) in [6, 6.07) is 3.76. The lowest BCUT2D eigenvalue weighted by molar-refractivity contribution is -0.137. The van der Waals surface area contributed by atoms with Crippen LogP contribution in [0.1, 0.15) is 18.2 Å². The zero-order valence-corrected chi connectivity index (χ0v) is 16.4. The number of benzene rings is 1. The standard InChI is InChI=1S/C17H13F3N6O4S/c1-2-13-12-6-11(7-21-15(12)30-25-13)31(28,29)26-10-4-8(14-22-16(27)24-23-14)3-9(5-10)17(18,19)20/h3-7,26H,2H2,1H3,(H2,22,23,24,27). The summed E-state index contributed by atoms with van der Waals surface area (Å²) in [6.07, 6.45) is -3.30. The highest BCUT2D eigenvalue weighted by Gasteiger charge is 2.32. The van der Waals surface area contributed by atoms with Crippen LogP contribution in [0.15, 0.2) is 44.7 Å². The number of rotatable bonds is 5. The number of sulfonamides is 1. The molecule has 14 heteroatoms. The molecular weight excluding hydrogens is 441 g/mol. The molecule has 3 aromatic heterocycles. The number of nitrogens with one attached hydrogen (secondary N) is 3. The zero-order valence-electron chi connectivity index (χ0n) is 15.6. The van der Waals surface area contributed by atoms with Crippen molar-refractivity contribution >= 4 is 26.8 Å². The number of aromatic amines is 2. The van der Waals surface area contributed by atoms with E-state index in [-0.39, 0.29) is 27.7 Å². The Labute approximate surface area is 171 Å². The van der Waals surface area contributed by atoms with Gasteiger partial charge in [0.2, 0.25) is 0 Å². The van der Waals surface area contributed by atoms with Gasteiger partial charge in [-0.3, -0.25) is 9.71 Å². The number of anilines is 1. The van der Waals surface area contributed by atoms with Crippen molar-refractivity contribution in [3.8, 4) is 11.4 Å². The van der Waals surface area contributed by atoms with E-state index in [1.165, 1.54) is 6.07 Å². The molecule has 4 rings (SSSR count). The van der Waals surface area contributed by atoms with Gasteiger partial charge in [-0.25, -0.2) is 23.3 Å². The minimum atomic E-state index is -4.77. The second-order valence-electron chi connectivity index (χ2n) is 6.44. The smallest absolute Gasteiger partial charge is 0.336 e. The summed E-state index contributed by atoms with van der Waals surface area (Å²) in [7, 11) is -4.31. The lowest BCUT2D eigenvalue weighted by Crippen LogP contribution is -2.14. The first-order chi connectivity index (χ1) is 14.6. The minimum Gasteiger partial charge on any atom is -0.336 e. The van der Waals surface area contributed by atoms with Crippen molar-refractivity contribution in [3.05, 3.63) is 52.2 Å². The third-order valence-electron chi connectivity index (χ3n) is 4.31. The van der Waals surface area contributed by atoms with Crippen LogP contribution in [0.4, 0.5) is 18.9 Å². The maximum Gasteiger partial charge on any atom is 0.416 e. The highest BCUT2D eigenvalue weighted by molar-refractivity contribution is 7.92. The Kier molecular flexibility index (Phi) is 4.80. The van der Waals surface area contributed by atoms with Crippen molar-refractivity contribution in [1.82, 2.24) is 25.3 Å². The van der Waals surface area contributed by atoms with Crippen LogP contribution in [0, 0.1) is 0 Å². The first kappa shape index (κ1) is 20.6. The Morgan fingerprint density at radius 2 is 1.97 bits per heavy atom. The molecule has 0 unspecified atom stereocenters. The van der Waals surface area contributed by atoms with Gasteiger partial charge in [-0.1, -0.05) is 12.1 Å². The van der Waals surface area contributed by atoms with Crippen LogP contribution in [0.5, 0.6) is 0 Å². The van der Waals surface area contributed by atoms with Crippen LogP contribution in [-0.4, -0.2) is 33.7 Å². The second kappa shape index (κ2) is 7.23. The predicted octanol–water partition coefficient (Wildman–Crippen LogP) is 2.68. The average Bonchev–Trinajstić information content (AvgIpc) is 3.32. The molecule has 0 saturated carbocycles. The normalized spacial score (nSPS) is 12.4. The molecular formula is C17H13F3N6O4S. The third-order valence-corrected chi connectivity index (χ3v) is 5.66. The van der Waals surface area contributed by atoms with Crippen molar-refractivity contribution in [3.63, 3.8) is 0 Å². The van der Waals surface area contributed by atoms with E-state index < -0.39 is 27.5 Å². The summed E-state index contributed by atoms with van der Waals surface area (Å²) in [5.41, 5.74) is -1.76. The van der Waals surface area contributed by atoms with Crippen LogP contribution >= 0.6 is 0 Å². The van der Waals surface area contributed by atoms with Gasteiger partial charge in [0.05, 0.1) is 28.5 Å². The number of alkyl halides is 3. The lowest BCUT2D eigenvalue weighted by Gasteiger charge is -2.13. The van der Waals surface area contributed by atoms with E-state index >= 15 is 0 Å². The highest BCUT2D eigenvalue weighted by Crippen LogP contribution is 2.34. The number of fused-ring (bicyclic) bond motifs is 1. The van der Waals surface area contributed by atoms with Crippen LogP contribution in [0.25, 0.3) is 22.5 Å². The molecule has 4 aromatic rings. The number of hydrogen-bond acceptors (Lipinski definition) is 7. The number of hydrogen-bond donors (Lipinski definition) is 3. The van der Waals surface area contributed by atoms with Crippen molar-refractivity contribution in [2.24, 2.45) is 0 Å². The monoisotopic (exact) mass is 454 g/mol. The number of halogens is 3. The summed E-state index contributed by atoms with van der Waals surface area (Å²) >= 11 is 0. The molecule has 0 saturated heterocycles. The van der Waals surface area contributed by atoms with E-state index in [2.05, 4.69) is 24.9 Å². The molecule has 162 valence electrons. The molecule has 0 aliphatic rings. The lowest BCUT2D eigenvalue weighted by atomic mass is 10.1. The van der Waals surface area contributed by atoms with E-state index in [0.29, 0.717) is 23.6 Å². The van der Waals surface area contributed by atoms with Crippen LogP contribution in [0.2, 0.25) is 0 Å². The SMILES string of the molecule is CCc1noc2ncc(S(=O)(=O)Nc3cc(-c4n[nH]c(=O)[nH]4)cc(C(F)(F)F)c3)cc12. The van der Waals surface area contributed by atoms with Gasteiger partial charge in [0.15, 0.2) is 5.82 Å². The van der Waals surface area contributed by atoms with Crippen molar-refractivity contribution in [2.45, 2.75) is 24.4 Å². The molecule has 3 heterocycles. The molecule has 0 spiro atoms. The van der Waals surface area contributed by atoms with E-state index in [1.54, 1.807) is 6.92 Å². The van der Waals surface area contributed by atoms with Crippen LogP contribution < -0.4 is 10.4 Å². The molecule has 0 radical (unpaired) electrons. The van der Waals surface area contributed by atoms with E-state index in [4.69, 9.17) is 4.52 Å². The predicted molar refractivity (Wildman–Crippen MR) is 102 cm³/mol. The maximum atomic E-state index is 13.3. The summed E-state index contributed by atoms with van der Waals surface area (Å²) < 4.78 is 72.8.